The highest BCUT2D eigenvalue weighted by Crippen LogP contribution is 2.32. The maximum Gasteiger partial charge on any atom is 0.249 e. The summed E-state index contributed by atoms with van der Waals surface area (Å²) in [5.74, 6) is 0.182. The first kappa shape index (κ1) is 11.0. The molecule has 1 atom stereocenters. The second-order valence-corrected chi connectivity index (χ2v) is 4.21. The van der Waals surface area contributed by atoms with Crippen molar-refractivity contribution in [2.24, 2.45) is 0 Å². The first-order chi connectivity index (χ1) is 7.67. The standard InChI is InChI=1S/C13H18N2O/c1-4-10-13(16)15(5-2)12-7-6-9(3)8-11(12)14-10/h6-8,10,14H,4-5H2,1-3H3. The van der Waals surface area contributed by atoms with Crippen molar-refractivity contribution in [3.05, 3.63) is 23.8 Å². The van der Waals surface area contributed by atoms with Crippen LogP contribution in [0.5, 0.6) is 0 Å². The Labute approximate surface area is 96.5 Å². The number of aryl methyl sites for hydroxylation is 1. The van der Waals surface area contributed by atoms with Crippen molar-refractivity contribution < 1.29 is 4.79 Å². The summed E-state index contributed by atoms with van der Waals surface area (Å²) in [4.78, 5) is 14.0. The number of carbonyl (C=O) groups excluding carboxylic acids is 1. The van der Waals surface area contributed by atoms with Gasteiger partial charge in [0.05, 0.1) is 11.4 Å². The van der Waals surface area contributed by atoms with Crippen LogP contribution in [-0.4, -0.2) is 18.5 Å². The van der Waals surface area contributed by atoms with Gasteiger partial charge < -0.3 is 10.2 Å². The highest BCUT2D eigenvalue weighted by molar-refractivity contribution is 6.04. The van der Waals surface area contributed by atoms with Crippen molar-refractivity contribution >= 4 is 17.3 Å². The number of carbonyl (C=O) groups is 1. The Hall–Kier alpha value is -1.51. The normalized spacial score (nSPS) is 19.3. The fourth-order valence-electron chi connectivity index (χ4n) is 2.16. The van der Waals surface area contributed by atoms with Gasteiger partial charge in [0.25, 0.3) is 0 Å². The smallest absolute Gasteiger partial charge is 0.249 e. The number of anilines is 2. The number of nitrogens with zero attached hydrogens (tertiary/aromatic N) is 1. The molecule has 0 aliphatic carbocycles. The summed E-state index contributed by atoms with van der Waals surface area (Å²) >= 11 is 0. The molecule has 1 aliphatic heterocycles. The van der Waals surface area contributed by atoms with Crippen LogP contribution in [0.3, 0.4) is 0 Å². The fraction of sp³-hybridized carbons (Fsp3) is 0.462. The van der Waals surface area contributed by atoms with Crippen LogP contribution in [0.15, 0.2) is 18.2 Å². The molecule has 1 N–H and O–H groups in total. The van der Waals surface area contributed by atoms with E-state index in [4.69, 9.17) is 0 Å². The van der Waals surface area contributed by atoms with E-state index in [1.807, 2.05) is 30.9 Å². The van der Waals surface area contributed by atoms with Gasteiger partial charge in [-0.05, 0) is 38.0 Å². The van der Waals surface area contributed by atoms with Gasteiger partial charge in [-0.1, -0.05) is 13.0 Å². The number of amides is 1. The van der Waals surface area contributed by atoms with Gasteiger partial charge in [0.15, 0.2) is 0 Å². The van der Waals surface area contributed by atoms with Gasteiger partial charge in [0.2, 0.25) is 5.91 Å². The lowest BCUT2D eigenvalue weighted by atomic mass is 10.1. The third kappa shape index (κ3) is 1.66. The molecule has 2 rings (SSSR count). The molecule has 1 aliphatic rings. The molecule has 3 nitrogen and oxygen atoms in total. The van der Waals surface area contributed by atoms with Crippen LogP contribution in [0.25, 0.3) is 0 Å². The summed E-state index contributed by atoms with van der Waals surface area (Å²) in [5.41, 5.74) is 3.29. The topological polar surface area (TPSA) is 32.3 Å². The average molecular weight is 218 g/mol. The minimum Gasteiger partial charge on any atom is -0.372 e. The lowest BCUT2D eigenvalue weighted by molar-refractivity contribution is -0.119. The Morgan fingerprint density at radius 3 is 2.75 bits per heavy atom. The quantitative estimate of drug-likeness (QED) is 0.827. The third-order valence-corrected chi connectivity index (χ3v) is 3.06. The third-order valence-electron chi connectivity index (χ3n) is 3.06. The fourth-order valence-corrected chi connectivity index (χ4v) is 2.16. The Balaban J connectivity index is 2.46. The van der Waals surface area contributed by atoms with Crippen LogP contribution in [-0.2, 0) is 4.79 Å². The number of benzene rings is 1. The molecule has 86 valence electrons. The molecule has 0 radical (unpaired) electrons. The van der Waals surface area contributed by atoms with Crippen LogP contribution in [0, 0.1) is 6.92 Å². The van der Waals surface area contributed by atoms with Gasteiger partial charge in [-0.15, -0.1) is 0 Å². The lowest BCUT2D eigenvalue weighted by Crippen LogP contribution is -2.46. The minimum absolute atomic E-state index is 0.0748. The van der Waals surface area contributed by atoms with Gasteiger partial charge in [-0.3, -0.25) is 4.79 Å². The van der Waals surface area contributed by atoms with Gasteiger partial charge in [-0.2, -0.15) is 0 Å². The molecule has 1 aromatic rings. The van der Waals surface area contributed by atoms with Crippen molar-refractivity contribution in [3.8, 4) is 0 Å². The molecule has 0 saturated carbocycles. The summed E-state index contributed by atoms with van der Waals surface area (Å²) in [5, 5.41) is 3.31. The molecule has 16 heavy (non-hydrogen) atoms. The summed E-state index contributed by atoms with van der Waals surface area (Å²) in [7, 11) is 0. The van der Waals surface area contributed by atoms with E-state index in [1.54, 1.807) is 0 Å². The van der Waals surface area contributed by atoms with Crippen LogP contribution in [0.4, 0.5) is 11.4 Å². The van der Waals surface area contributed by atoms with Crippen molar-refractivity contribution in [2.45, 2.75) is 33.2 Å². The van der Waals surface area contributed by atoms with Crippen LogP contribution < -0.4 is 10.2 Å². The maximum atomic E-state index is 12.1. The van der Waals surface area contributed by atoms with Crippen molar-refractivity contribution in [1.82, 2.24) is 0 Å². The molecule has 1 heterocycles. The van der Waals surface area contributed by atoms with Crippen LogP contribution >= 0.6 is 0 Å². The highest BCUT2D eigenvalue weighted by atomic mass is 16.2. The maximum absolute atomic E-state index is 12.1. The van der Waals surface area contributed by atoms with E-state index < -0.39 is 0 Å². The monoisotopic (exact) mass is 218 g/mol. The number of nitrogens with one attached hydrogen (secondary N) is 1. The Morgan fingerprint density at radius 2 is 2.12 bits per heavy atom. The summed E-state index contributed by atoms with van der Waals surface area (Å²) in [6, 6.07) is 6.09. The van der Waals surface area contributed by atoms with E-state index in [-0.39, 0.29) is 11.9 Å². The lowest BCUT2D eigenvalue weighted by Gasteiger charge is -2.34. The van der Waals surface area contributed by atoms with Gasteiger partial charge >= 0.3 is 0 Å². The Morgan fingerprint density at radius 1 is 1.38 bits per heavy atom. The minimum atomic E-state index is -0.0748. The predicted octanol–water partition coefficient (Wildman–Crippen LogP) is 2.55. The number of rotatable bonds is 2. The molecule has 0 spiro atoms. The summed E-state index contributed by atoms with van der Waals surface area (Å²) < 4.78 is 0. The zero-order valence-corrected chi connectivity index (χ0v) is 10.1. The largest absolute Gasteiger partial charge is 0.372 e. The van der Waals surface area contributed by atoms with Crippen LogP contribution in [0.2, 0.25) is 0 Å². The molecule has 3 heteroatoms. The second kappa shape index (κ2) is 4.16. The van der Waals surface area contributed by atoms with Crippen molar-refractivity contribution in [3.63, 3.8) is 0 Å². The van der Waals surface area contributed by atoms with E-state index in [9.17, 15) is 4.79 Å². The number of fused-ring (bicyclic) bond motifs is 1. The molecule has 1 aromatic carbocycles. The van der Waals surface area contributed by atoms with Crippen molar-refractivity contribution in [1.29, 1.82) is 0 Å². The van der Waals surface area contributed by atoms with E-state index in [0.717, 1.165) is 24.3 Å². The SMILES string of the molecule is CCC1Nc2cc(C)ccc2N(CC)C1=O. The molecular weight excluding hydrogens is 200 g/mol. The highest BCUT2D eigenvalue weighted by Gasteiger charge is 2.29. The molecule has 0 bridgehead atoms. The number of likely N-dealkylation sites (N-methyl/N-ethyl adjacent to an activating group) is 1. The van der Waals surface area contributed by atoms with Gasteiger partial charge in [-0.25, -0.2) is 0 Å². The zero-order chi connectivity index (χ0) is 11.7. The zero-order valence-electron chi connectivity index (χ0n) is 10.1. The van der Waals surface area contributed by atoms with E-state index in [1.165, 1.54) is 5.56 Å². The van der Waals surface area contributed by atoms with E-state index >= 15 is 0 Å². The summed E-state index contributed by atoms with van der Waals surface area (Å²) in [6.45, 7) is 6.84. The predicted molar refractivity (Wildman–Crippen MR) is 66.9 cm³/mol. The van der Waals surface area contributed by atoms with E-state index in [2.05, 4.69) is 18.3 Å². The van der Waals surface area contributed by atoms with Crippen molar-refractivity contribution in [2.75, 3.05) is 16.8 Å². The van der Waals surface area contributed by atoms with Crippen LogP contribution in [0.1, 0.15) is 25.8 Å². The Kier molecular flexibility index (Phi) is 2.86. The molecule has 1 unspecified atom stereocenters. The first-order valence-electron chi connectivity index (χ1n) is 5.86. The molecule has 1 amide bonds. The molecule has 0 saturated heterocycles. The van der Waals surface area contributed by atoms with E-state index in [0.29, 0.717) is 0 Å². The summed E-state index contributed by atoms with van der Waals surface area (Å²) in [6.07, 6.45) is 0.822. The molecule has 0 fully saturated rings. The van der Waals surface area contributed by atoms with Gasteiger partial charge in [0, 0.05) is 6.54 Å². The first-order valence-corrected chi connectivity index (χ1v) is 5.86. The average Bonchev–Trinajstić information content (AvgIpc) is 2.28. The number of hydrogen-bond donors (Lipinski definition) is 1. The number of hydrogen-bond acceptors (Lipinski definition) is 2. The molecular formula is C13H18N2O. The van der Waals surface area contributed by atoms with Gasteiger partial charge in [0.1, 0.15) is 6.04 Å². The Bertz CT molecular complexity index is 414. The molecule has 0 aromatic heterocycles. The second-order valence-electron chi connectivity index (χ2n) is 4.21.